The predicted octanol–water partition coefficient (Wildman–Crippen LogP) is 1.23. The zero-order chi connectivity index (χ0) is 11.0. The van der Waals surface area contributed by atoms with Crippen LogP contribution in [0.4, 0.5) is 0 Å². The number of hydrogen-bond donors (Lipinski definition) is 1. The van der Waals surface area contributed by atoms with Crippen LogP contribution in [0.2, 0.25) is 0 Å². The van der Waals surface area contributed by atoms with Crippen molar-refractivity contribution in [2.24, 2.45) is 7.05 Å². The van der Waals surface area contributed by atoms with Crippen LogP contribution in [0.15, 0.2) is 12.3 Å². The molecule has 2 heterocycles. The van der Waals surface area contributed by atoms with E-state index >= 15 is 0 Å². The molecule has 0 bridgehead atoms. The Labute approximate surface area is 89.7 Å². The SMILES string of the molecule is Cn1cc(C=O)c2cc(C(=O)CO)sc21. The van der Waals surface area contributed by atoms with E-state index in [1.807, 2.05) is 7.05 Å². The Morgan fingerprint density at radius 1 is 1.67 bits per heavy atom. The van der Waals surface area contributed by atoms with Crippen molar-refractivity contribution < 1.29 is 14.7 Å². The summed E-state index contributed by atoms with van der Waals surface area (Å²) in [5, 5.41) is 9.50. The number of thiophene rings is 1. The van der Waals surface area contributed by atoms with Gasteiger partial charge in [0, 0.05) is 24.2 Å². The van der Waals surface area contributed by atoms with Crippen LogP contribution >= 0.6 is 11.3 Å². The average molecular weight is 223 g/mol. The molecule has 0 amide bonds. The number of aryl methyl sites for hydroxylation is 1. The molecule has 2 aromatic heterocycles. The fourth-order valence-electron chi connectivity index (χ4n) is 1.50. The number of aldehydes is 1. The maximum absolute atomic E-state index is 11.3. The van der Waals surface area contributed by atoms with E-state index in [0.29, 0.717) is 10.4 Å². The molecule has 0 atom stereocenters. The molecule has 0 radical (unpaired) electrons. The number of ketones is 1. The summed E-state index contributed by atoms with van der Waals surface area (Å²) in [6, 6.07) is 1.66. The molecule has 0 aliphatic rings. The van der Waals surface area contributed by atoms with Crippen molar-refractivity contribution in [3.8, 4) is 0 Å². The van der Waals surface area contributed by atoms with Gasteiger partial charge < -0.3 is 9.67 Å². The number of fused-ring (bicyclic) bond motifs is 1. The van der Waals surface area contributed by atoms with Crippen LogP contribution in [-0.4, -0.2) is 28.3 Å². The third-order valence-corrected chi connectivity index (χ3v) is 3.49. The molecular weight excluding hydrogens is 214 g/mol. The quantitative estimate of drug-likeness (QED) is 0.629. The van der Waals surface area contributed by atoms with Gasteiger partial charge in [-0.15, -0.1) is 11.3 Å². The second-order valence-electron chi connectivity index (χ2n) is 3.22. The molecular formula is C10H9NO3S. The molecule has 0 spiro atoms. The number of aliphatic hydroxyl groups excluding tert-OH is 1. The fourth-order valence-corrected chi connectivity index (χ4v) is 2.54. The second-order valence-corrected chi connectivity index (χ2v) is 4.25. The van der Waals surface area contributed by atoms with Crippen LogP contribution in [0.5, 0.6) is 0 Å². The van der Waals surface area contributed by atoms with Crippen LogP contribution < -0.4 is 0 Å². The van der Waals surface area contributed by atoms with E-state index in [2.05, 4.69) is 0 Å². The first kappa shape index (κ1) is 10.1. The van der Waals surface area contributed by atoms with Gasteiger partial charge in [0.1, 0.15) is 11.4 Å². The number of carbonyl (C=O) groups is 2. The Morgan fingerprint density at radius 3 is 3.00 bits per heavy atom. The Kier molecular flexibility index (Phi) is 2.42. The fraction of sp³-hybridized carbons (Fsp3) is 0.200. The van der Waals surface area contributed by atoms with Gasteiger partial charge in [-0.25, -0.2) is 0 Å². The highest BCUT2D eigenvalue weighted by Gasteiger charge is 2.14. The van der Waals surface area contributed by atoms with Gasteiger partial charge in [0.05, 0.1) is 4.88 Å². The largest absolute Gasteiger partial charge is 0.388 e. The summed E-state index contributed by atoms with van der Waals surface area (Å²) in [6.45, 7) is -0.497. The lowest BCUT2D eigenvalue weighted by Crippen LogP contribution is -2.00. The van der Waals surface area contributed by atoms with E-state index < -0.39 is 6.61 Å². The molecule has 1 N–H and O–H groups in total. The van der Waals surface area contributed by atoms with Gasteiger partial charge in [-0.1, -0.05) is 0 Å². The van der Waals surface area contributed by atoms with Gasteiger partial charge in [-0.05, 0) is 6.07 Å². The van der Waals surface area contributed by atoms with Gasteiger partial charge in [0.2, 0.25) is 0 Å². The summed E-state index contributed by atoms with van der Waals surface area (Å²) in [6.07, 6.45) is 2.49. The molecule has 0 saturated heterocycles. The Balaban J connectivity index is 2.65. The van der Waals surface area contributed by atoms with Crippen molar-refractivity contribution in [1.82, 2.24) is 4.57 Å². The molecule has 0 aromatic carbocycles. The first-order valence-electron chi connectivity index (χ1n) is 4.35. The van der Waals surface area contributed by atoms with Crippen LogP contribution in [-0.2, 0) is 7.05 Å². The molecule has 4 nitrogen and oxygen atoms in total. The minimum Gasteiger partial charge on any atom is -0.388 e. The van der Waals surface area contributed by atoms with Crippen molar-refractivity contribution in [1.29, 1.82) is 0 Å². The zero-order valence-corrected chi connectivity index (χ0v) is 8.87. The lowest BCUT2D eigenvalue weighted by atomic mass is 10.2. The molecule has 0 aliphatic carbocycles. The Bertz CT molecular complexity index is 538. The predicted molar refractivity (Wildman–Crippen MR) is 57.6 cm³/mol. The van der Waals surface area contributed by atoms with Crippen LogP contribution in [0, 0.1) is 0 Å². The topological polar surface area (TPSA) is 59.3 Å². The highest BCUT2D eigenvalue weighted by molar-refractivity contribution is 7.20. The average Bonchev–Trinajstić information content (AvgIpc) is 2.78. The summed E-state index contributed by atoms with van der Waals surface area (Å²) >= 11 is 1.29. The van der Waals surface area contributed by atoms with Crippen molar-refractivity contribution in [2.75, 3.05) is 6.61 Å². The van der Waals surface area contributed by atoms with Crippen LogP contribution in [0.3, 0.4) is 0 Å². The van der Waals surface area contributed by atoms with Crippen molar-refractivity contribution in [3.63, 3.8) is 0 Å². The first-order valence-corrected chi connectivity index (χ1v) is 5.17. The minimum absolute atomic E-state index is 0.312. The lowest BCUT2D eigenvalue weighted by molar-refractivity contribution is 0.0907. The monoisotopic (exact) mass is 223 g/mol. The van der Waals surface area contributed by atoms with Crippen molar-refractivity contribution >= 4 is 33.6 Å². The minimum atomic E-state index is -0.497. The summed E-state index contributed by atoms with van der Waals surface area (Å²) in [5.74, 6) is -0.312. The van der Waals surface area contributed by atoms with Gasteiger partial charge in [-0.3, -0.25) is 9.59 Å². The molecule has 2 aromatic rings. The van der Waals surface area contributed by atoms with Gasteiger partial charge >= 0.3 is 0 Å². The summed E-state index contributed by atoms with van der Waals surface area (Å²) < 4.78 is 1.80. The maximum Gasteiger partial charge on any atom is 0.198 e. The third kappa shape index (κ3) is 1.49. The highest BCUT2D eigenvalue weighted by Crippen LogP contribution is 2.29. The number of Topliss-reactive ketones (excluding diaryl/α,β-unsaturated/α-hetero) is 1. The number of nitrogens with zero attached hydrogens (tertiary/aromatic N) is 1. The van der Waals surface area contributed by atoms with Crippen LogP contribution in [0.25, 0.3) is 10.2 Å². The van der Waals surface area contributed by atoms with E-state index in [-0.39, 0.29) is 5.78 Å². The maximum atomic E-state index is 11.3. The molecule has 0 fully saturated rings. The zero-order valence-electron chi connectivity index (χ0n) is 8.06. The van der Waals surface area contributed by atoms with Gasteiger partial charge in [0.25, 0.3) is 0 Å². The van der Waals surface area contributed by atoms with E-state index in [4.69, 9.17) is 5.11 Å². The smallest absolute Gasteiger partial charge is 0.198 e. The van der Waals surface area contributed by atoms with Crippen molar-refractivity contribution in [3.05, 3.63) is 22.7 Å². The first-order chi connectivity index (χ1) is 7.17. The standard InChI is InChI=1S/C10H9NO3S/c1-11-3-6(4-12)7-2-9(8(14)5-13)15-10(7)11/h2-4,13H,5H2,1H3. The van der Waals surface area contributed by atoms with E-state index in [1.54, 1.807) is 16.8 Å². The number of aromatic nitrogens is 1. The van der Waals surface area contributed by atoms with E-state index in [0.717, 1.165) is 16.5 Å². The summed E-state index contributed by atoms with van der Waals surface area (Å²) in [5.41, 5.74) is 0.570. The van der Waals surface area contributed by atoms with Crippen LogP contribution in [0.1, 0.15) is 20.0 Å². The molecule has 0 saturated carbocycles. The summed E-state index contributed by atoms with van der Waals surface area (Å²) in [4.78, 5) is 23.4. The van der Waals surface area contributed by atoms with Gasteiger partial charge in [0.15, 0.2) is 12.1 Å². The molecule has 15 heavy (non-hydrogen) atoms. The number of hydrogen-bond acceptors (Lipinski definition) is 4. The third-order valence-electron chi connectivity index (χ3n) is 2.22. The molecule has 78 valence electrons. The van der Waals surface area contributed by atoms with E-state index in [1.165, 1.54) is 11.3 Å². The number of rotatable bonds is 3. The Morgan fingerprint density at radius 2 is 2.40 bits per heavy atom. The normalized spacial score (nSPS) is 10.8. The molecule has 0 aliphatic heterocycles. The molecule has 5 heteroatoms. The van der Waals surface area contributed by atoms with Crippen molar-refractivity contribution in [2.45, 2.75) is 0 Å². The molecule has 2 rings (SSSR count). The highest BCUT2D eigenvalue weighted by atomic mass is 32.1. The molecule has 0 unspecified atom stereocenters. The number of aliphatic hydroxyl groups is 1. The number of carbonyl (C=O) groups excluding carboxylic acids is 2. The summed E-state index contributed by atoms with van der Waals surface area (Å²) in [7, 11) is 1.82. The Hall–Kier alpha value is -1.46. The van der Waals surface area contributed by atoms with E-state index in [9.17, 15) is 9.59 Å². The lowest BCUT2D eigenvalue weighted by Gasteiger charge is -1.90. The van der Waals surface area contributed by atoms with Gasteiger partial charge in [-0.2, -0.15) is 0 Å². The second kappa shape index (κ2) is 3.60.